The van der Waals surface area contributed by atoms with Crippen LogP contribution in [-0.4, -0.2) is 71.4 Å². The Kier molecular flexibility index (Phi) is 16.6. The Morgan fingerprint density at radius 1 is 0.905 bits per heavy atom. The molecular weight excluding hydrogens is 298 g/mol. The second-order valence-corrected chi connectivity index (χ2v) is 2.91. The normalized spacial score (nSPS) is 9.43. The molecule has 5 N–H and O–H groups in total. The molecule has 0 radical (unpaired) electrons. The van der Waals surface area contributed by atoms with Gasteiger partial charge < -0.3 is 20.4 Å². The summed E-state index contributed by atoms with van der Waals surface area (Å²) in [6, 6.07) is 0. The van der Waals surface area contributed by atoms with Gasteiger partial charge in [-0.15, -0.1) is 0 Å². The molecule has 0 saturated heterocycles. The number of carbonyl (C=O) groups is 3. The van der Waals surface area contributed by atoms with E-state index in [2.05, 4.69) is 25.1 Å². The first-order valence-electron chi connectivity index (χ1n) is 5.40. The van der Waals surface area contributed by atoms with Crippen molar-refractivity contribution in [1.82, 2.24) is 5.64 Å². The third-order valence-electron chi connectivity index (χ3n) is 1.13. The van der Waals surface area contributed by atoms with Gasteiger partial charge in [-0.1, -0.05) is 5.64 Å². The van der Waals surface area contributed by atoms with Gasteiger partial charge in [-0.2, -0.15) is 4.89 Å². The van der Waals surface area contributed by atoms with Crippen LogP contribution in [0.2, 0.25) is 0 Å². The largest absolute Gasteiger partial charge is 0.481 e. The third kappa shape index (κ3) is 23.7. The second-order valence-electron chi connectivity index (χ2n) is 2.91. The molecule has 0 heterocycles. The molecule has 0 unspecified atom stereocenters. The lowest BCUT2D eigenvalue weighted by Gasteiger charge is -2.01. The topological polar surface area (TPSA) is 181 Å². The second kappa shape index (κ2) is 16.2. The molecule has 0 saturated carbocycles. The van der Waals surface area contributed by atoms with E-state index in [9.17, 15) is 14.4 Å². The lowest BCUT2D eigenvalue weighted by atomic mass is 10.5. The molecule has 0 aromatic heterocycles. The Bertz CT molecular complexity index is 289. The SMILES string of the molecule is O=C(O)COOC(=O)CC(=O)O.OCCONOCCO. The van der Waals surface area contributed by atoms with Gasteiger partial charge in [-0.3, -0.25) is 19.4 Å². The molecule has 0 aliphatic carbocycles. The number of aliphatic hydroxyl groups is 2. The van der Waals surface area contributed by atoms with E-state index in [1.54, 1.807) is 0 Å². The van der Waals surface area contributed by atoms with E-state index < -0.39 is 30.9 Å². The fraction of sp³-hybridized carbons (Fsp3) is 0.667. The number of carbonyl (C=O) groups excluding carboxylic acids is 1. The maximum Gasteiger partial charge on any atom is 0.353 e. The summed E-state index contributed by atoms with van der Waals surface area (Å²) in [5.41, 5.74) is 2.07. The third-order valence-corrected chi connectivity index (χ3v) is 1.13. The van der Waals surface area contributed by atoms with Crippen LogP contribution in [-0.2, 0) is 33.8 Å². The van der Waals surface area contributed by atoms with Crippen molar-refractivity contribution in [2.75, 3.05) is 33.0 Å². The van der Waals surface area contributed by atoms with Crippen LogP contribution in [0.4, 0.5) is 0 Å². The highest BCUT2D eigenvalue weighted by atomic mass is 17.2. The summed E-state index contributed by atoms with van der Waals surface area (Å²) in [6.07, 6.45) is -0.861. The van der Waals surface area contributed by atoms with Gasteiger partial charge >= 0.3 is 17.9 Å². The molecular formula is C9H17NO11. The van der Waals surface area contributed by atoms with Crippen LogP contribution >= 0.6 is 0 Å². The highest BCUT2D eigenvalue weighted by Gasteiger charge is 2.10. The molecule has 0 aliphatic heterocycles. The number of aliphatic carboxylic acids is 2. The van der Waals surface area contributed by atoms with Crippen LogP contribution in [0.3, 0.4) is 0 Å². The van der Waals surface area contributed by atoms with Crippen molar-refractivity contribution in [1.29, 1.82) is 0 Å². The molecule has 0 aromatic rings. The minimum Gasteiger partial charge on any atom is -0.481 e. The van der Waals surface area contributed by atoms with E-state index in [0.717, 1.165) is 0 Å². The van der Waals surface area contributed by atoms with Gasteiger partial charge in [0, 0.05) is 0 Å². The summed E-state index contributed by atoms with van der Waals surface area (Å²) in [4.78, 5) is 46.4. The van der Waals surface area contributed by atoms with Gasteiger partial charge in [0.05, 0.1) is 26.4 Å². The molecule has 12 nitrogen and oxygen atoms in total. The van der Waals surface area contributed by atoms with Gasteiger partial charge in [-0.25, -0.2) is 9.59 Å². The number of hydrogen-bond donors (Lipinski definition) is 5. The number of carboxylic acid groups (broad SMARTS) is 2. The zero-order chi connectivity index (χ0) is 16.5. The summed E-state index contributed by atoms with van der Waals surface area (Å²) in [6.45, 7) is -0.590. The fourth-order valence-electron chi connectivity index (χ4n) is 0.515. The first-order valence-corrected chi connectivity index (χ1v) is 5.40. The van der Waals surface area contributed by atoms with Crippen LogP contribution in [0.15, 0.2) is 0 Å². The number of aliphatic hydroxyl groups excluding tert-OH is 2. The number of carboxylic acids is 2. The van der Waals surface area contributed by atoms with Crippen LogP contribution in [0, 0.1) is 0 Å². The highest BCUT2D eigenvalue weighted by molar-refractivity contribution is 5.89. The first kappa shape index (κ1) is 21.5. The summed E-state index contributed by atoms with van der Waals surface area (Å²) in [7, 11) is 0. The quantitative estimate of drug-likeness (QED) is 0.117. The molecule has 0 aromatic carbocycles. The standard InChI is InChI=1S/C5H6O7.C4H11NO4/c6-3(7)1-5(10)12-11-2-4(8)9;6-1-3-8-5-9-4-2-7/h1-2H2,(H,6,7)(H,8,9);5-7H,1-4H2. The monoisotopic (exact) mass is 315 g/mol. The van der Waals surface area contributed by atoms with E-state index >= 15 is 0 Å². The highest BCUT2D eigenvalue weighted by Crippen LogP contribution is 1.87. The van der Waals surface area contributed by atoms with E-state index in [1.165, 1.54) is 0 Å². The van der Waals surface area contributed by atoms with Crippen molar-refractivity contribution in [3.8, 4) is 0 Å². The summed E-state index contributed by atoms with van der Waals surface area (Å²) in [5, 5.41) is 32.3. The molecule has 12 heteroatoms. The van der Waals surface area contributed by atoms with Crippen molar-refractivity contribution in [3.05, 3.63) is 0 Å². The smallest absolute Gasteiger partial charge is 0.353 e. The van der Waals surface area contributed by atoms with Crippen molar-refractivity contribution >= 4 is 17.9 Å². The summed E-state index contributed by atoms with van der Waals surface area (Å²) >= 11 is 0. The van der Waals surface area contributed by atoms with Gasteiger partial charge in [0.15, 0.2) is 6.61 Å². The van der Waals surface area contributed by atoms with E-state index in [4.69, 9.17) is 20.4 Å². The molecule has 0 aliphatic rings. The predicted molar refractivity (Wildman–Crippen MR) is 61.1 cm³/mol. The van der Waals surface area contributed by atoms with Gasteiger partial charge in [0.2, 0.25) is 0 Å². The van der Waals surface area contributed by atoms with Crippen LogP contribution < -0.4 is 5.64 Å². The average Bonchev–Trinajstić information content (AvgIpc) is 2.38. The lowest BCUT2D eigenvalue weighted by Crippen LogP contribution is -2.19. The van der Waals surface area contributed by atoms with Gasteiger partial charge in [0.25, 0.3) is 0 Å². The van der Waals surface area contributed by atoms with Gasteiger partial charge in [0.1, 0.15) is 6.42 Å². The van der Waals surface area contributed by atoms with Crippen molar-refractivity contribution in [2.24, 2.45) is 0 Å². The van der Waals surface area contributed by atoms with Crippen molar-refractivity contribution < 1.29 is 54.3 Å². The molecule has 124 valence electrons. The fourth-order valence-corrected chi connectivity index (χ4v) is 0.515. The van der Waals surface area contributed by atoms with E-state index in [-0.39, 0.29) is 26.4 Å². The zero-order valence-electron chi connectivity index (χ0n) is 10.9. The zero-order valence-corrected chi connectivity index (χ0v) is 10.9. The molecule has 0 rings (SSSR count). The maximum absolute atomic E-state index is 10.3. The lowest BCUT2D eigenvalue weighted by molar-refractivity contribution is -0.270. The Morgan fingerprint density at radius 3 is 1.81 bits per heavy atom. The Hall–Kier alpha value is -1.83. The minimum atomic E-state index is -1.38. The Labute approximate surface area is 118 Å². The molecule has 0 fully saturated rings. The molecule has 21 heavy (non-hydrogen) atoms. The number of nitrogens with one attached hydrogen (secondary N) is 1. The molecule has 0 spiro atoms. The number of rotatable bonds is 11. The predicted octanol–water partition coefficient (Wildman–Crippen LogP) is -2.56. The molecule has 0 amide bonds. The Morgan fingerprint density at radius 2 is 1.43 bits per heavy atom. The molecule has 0 bridgehead atoms. The average molecular weight is 315 g/mol. The van der Waals surface area contributed by atoms with Crippen LogP contribution in [0.1, 0.15) is 6.42 Å². The van der Waals surface area contributed by atoms with Gasteiger partial charge in [-0.05, 0) is 0 Å². The molecule has 0 atom stereocenters. The first-order chi connectivity index (χ1) is 9.93. The van der Waals surface area contributed by atoms with E-state index in [1.807, 2.05) is 0 Å². The summed E-state index contributed by atoms with van der Waals surface area (Å²) < 4.78 is 0. The van der Waals surface area contributed by atoms with Crippen LogP contribution in [0.5, 0.6) is 0 Å². The number of hydrogen-bond acceptors (Lipinski definition) is 10. The summed E-state index contributed by atoms with van der Waals surface area (Å²) in [5.74, 6) is -3.85. The van der Waals surface area contributed by atoms with E-state index in [0.29, 0.717) is 0 Å². The van der Waals surface area contributed by atoms with Crippen molar-refractivity contribution in [3.63, 3.8) is 0 Å². The van der Waals surface area contributed by atoms with Crippen molar-refractivity contribution in [2.45, 2.75) is 6.42 Å². The Balaban J connectivity index is 0. The maximum atomic E-state index is 10.3. The minimum absolute atomic E-state index is 0.0600. The van der Waals surface area contributed by atoms with Crippen LogP contribution in [0.25, 0.3) is 0 Å².